The van der Waals surface area contributed by atoms with Crippen LogP contribution in [0.15, 0.2) is 45.6 Å². The molecule has 2 aliphatic rings. The summed E-state index contributed by atoms with van der Waals surface area (Å²) in [7, 11) is -3.60. The minimum absolute atomic E-state index is 0.0463. The van der Waals surface area contributed by atoms with E-state index in [4.69, 9.17) is 4.74 Å². The molecule has 0 saturated heterocycles. The number of ether oxygens (including phenoxy) is 1. The highest BCUT2D eigenvalue weighted by Crippen LogP contribution is 2.24. The van der Waals surface area contributed by atoms with Crippen molar-refractivity contribution >= 4 is 39.1 Å². The van der Waals surface area contributed by atoms with Crippen molar-refractivity contribution in [2.75, 3.05) is 19.7 Å². The summed E-state index contributed by atoms with van der Waals surface area (Å²) in [6, 6.07) is 8.52. The second-order valence-electron chi connectivity index (χ2n) is 6.68. The summed E-state index contributed by atoms with van der Waals surface area (Å²) in [5.74, 6) is -0.562. The molecular weight excluding hydrogens is 414 g/mol. The number of carbonyl (C=O) groups excluding carboxylic acids is 2. The average Bonchev–Trinajstić information content (AvgIpc) is 3.28. The van der Waals surface area contributed by atoms with Crippen molar-refractivity contribution in [1.82, 2.24) is 9.62 Å². The Labute approximate surface area is 172 Å². The molecule has 152 valence electrons. The van der Waals surface area contributed by atoms with E-state index in [1.54, 1.807) is 34.4 Å². The Kier molecular flexibility index (Phi) is 5.37. The maximum Gasteiger partial charge on any atom is 0.308 e. The van der Waals surface area contributed by atoms with Crippen LogP contribution in [0.4, 0.5) is 0 Å². The van der Waals surface area contributed by atoms with Crippen LogP contribution in [-0.2, 0) is 37.3 Å². The van der Waals surface area contributed by atoms with Gasteiger partial charge in [0.15, 0.2) is 6.61 Å². The number of amidine groups is 1. The standard InChI is InChI=1S/C19H19N3O5S2/c23-17(22-9-6-15-13(11-22)7-10-28-15)12-27-18(24)5-8-20-19-14-3-1-2-4-16(14)29(25,26)21-19/h1-4,7,10H,5-6,8-9,11-12H2,(H,20,21). The Balaban J connectivity index is 1.26. The Morgan fingerprint density at radius 1 is 1.24 bits per heavy atom. The lowest BCUT2D eigenvalue weighted by Gasteiger charge is -2.26. The molecular formula is C19H19N3O5S2. The van der Waals surface area contributed by atoms with E-state index in [0.29, 0.717) is 18.7 Å². The van der Waals surface area contributed by atoms with Crippen LogP contribution in [0.1, 0.15) is 22.4 Å². The minimum atomic E-state index is -3.60. The molecule has 2 aromatic rings. The summed E-state index contributed by atoms with van der Waals surface area (Å²) in [5.41, 5.74) is 1.63. The van der Waals surface area contributed by atoms with Crippen molar-refractivity contribution in [3.8, 4) is 0 Å². The highest BCUT2D eigenvalue weighted by atomic mass is 32.2. The maximum atomic E-state index is 12.3. The first-order valence-electron chi connectivity index (χ1n) is 9.09. The third-order valence-electron chi connectivity index (χ3n) is 4.77. The Bertz CT molecular complexity index is 1090. The first kappa shape index (κ1) is 19.6. The van der Waals surface area contributed by atoms with E-state index < -0.39 is 16.0 Å². The molecule has 10 heteroatoms. The van der Waals surface area contributed by atoms with Crippen LogP contribution in [-0.4, -0.2) is 50.7 Å². The van der Waals surface area contributed by atoms with Gasteiger partial charge in [-0.3, -0.25) is 19.3 Å². The molecule has 4 rings (SSSR count). The lowest BCUT2D eigenvalue weighted by atomic mass is 10.1. The zero-order valence-electron chi connectivity index (χ0n) is 15.5. The normalized spacial score (nSPS) is 18.1. The SMILES string of the molecule is O=C(CCN=C1NS(=O)(=O)c2ccccc21)OCC(=O)N1CCc2sccc2C1. The number of sulfonamides is 1. The molecule has 8 nitrogen and oxygen atoms in total. The third kappa shape index (κ3) is 4.18. The summed E-state index contributed by atoms with van der Waals surface area (Å²) < 4.78 is 31.5. The monoisotopic (exact) mass is 433 g/mol. The van der Waals surface area contributed by atoms with Gasteiger partial charge in [-0.05, 0) is 35.6 Å². The van der Waals surface area contributed by atoms with Gasteiger partial charge in [0.2, 0.25) is 0 Å². The summed E-state index contributed by atoms with van der Waals surface area (Å²) in [6.45, 7) is 0.922. The third-order valence-corrected chi connectivity index (χ3v) is 7.19. The van der Waals surface area contributed by atoms with Crippen LogP contribution in [0.3, 0.4) is 0 Å². The lowest BCUT2D eigenvalue weighted by molar-refractivity contribution is -0.152. The van der Waals surface area contributed by atoms with Gasteiger partial charge in [0.25, 0.3) is 15.9 Å². The summed E-state index contributed by atoms with van der Waals surface area (Å²) in [6.07, 6.45) is 0.775. The highest BCUT2D eigenvalue weighted by molar-refractivity contribution is 7.90. The molecule has 0 atom stereocenters. The van der Waals surface area contributed by atoms with Gasteiger partial charge in [-0.25, -0.2) is 8.42 Å². The molecule has 2 aliphatic heterocycles. The van der Waals surface area contributed by atoms with Gasteiger partial charge in [-0.2, -0.15) is 0 Å². The van der Waals surface area contributed by atoms with E-state index in [9.17, 15) is 18.0 Å². The average molecular weight is 434 g/mol. The van der Waals surface area contributed by atoms with Gasteiger partial charge < -0.3 is 9.64 Å². The molecule has 1 amide bonds. The largest absolute Gasteiger partial charge is 0.456 e. The number of benzene rings is 1. The molecule has 1 N–H and O–H groups in total. The summed E-state index contributed by atoms with van der Waals surface area (Å²) in [4.78, 5) is 31.5. The molecule has 1 aromatic carbocycles. The summed E-state index contributed by atoms with van der Waals surface area (Å²) in [5, 5.41) is 2.02. The molecule has 0 fully saturated rings. The molecule has 3 heterocycles. The van der Waals surface area contributed by atoms with Crippen molar-refractivity contribution in [3.05, 3.63) is 51.7 Å². The van der Waals surface area contributed by atoms with Crippen molar-refractivity contribution in [2.24, 2.45) is 4.99 Å². The fraction of sp³-hybridized carbons (Fsp3) is 0.316. The second kappa shape index (κ2) is 7.96. The number of nitrogens with one attached hydrogen (secondary N) is 1. The lowest BCUT2D eigenvalue weighted by Crippen LogP contribution is -2.38. The Morgan fingerprint density at radius 2 is 2.07 bits per heavy atom. The topological polar surface area (TPSA) is 105 Å². The van der Waals surface area contributed by atoms with Gasteiger partial charge in [0.1, 0.15) is 5.84 Å². The van der Waals surface area contributed by atoms with Gasteiger partial charge in [0, 0.05) is 23.5 Å². The fourth-order valence-electron chi connectivity index (χ4n) is 3.28. The van der Waals surface area contributed by atoms with E-state index in [2.05, 4.69) is 9.71 Å². The second-order valence-corrected chi connectivity index (χ2v) is 9.33. The Hall–Kier alpha value is -2.72. The smallest absolute Gasteiger partial charge is 0.308 e. The first-order valence-corrected chi connectivity index (χ1v) is 11.5. The molecule has 0 radical (unpaired) electrons. The Morgan fingerprint density at radius 3 is 2.93 bits per heavy atom. The number of nitrogens with zero attached hydrogens (tertiary/aromatic N) is 2. The van der Waals surface area contributed by atoms with Crippen LogP contribution in [0.2, 0.25) is 0 Å². The van der Waals surface area contributed by atoms with Crippen LogP contribution < -0.4 is 4.72 Å². The van der Waals surface area contributed by atoms with Gasteiger partial charge in [0.05, 0.1) is 17.9 Å². The van der Waals surface area contributed by atoms with E-state index in [-0.39, 0.29) is 36.2 Å². The maximum absolute atomic E-state index is 12.3. The molecule has 0 saturated carbocycles. The van der Waals surface area contributed by atoms with Crippen LogP contribution in [0.25, 0.3) is 0 Å². The van der Waals surface area contributed by atoms with Gasteiger partial charge in [-0.1, -0.05) is 12.1 Å². The van der Waals surface area contributed by atoms with Gasteiger partial charge >= 0.3 is 5.97 Å². The number of rotatable bonds is 5. The molecule has 0 unspecified atom stereocenters. The van der Waals surface area contributed by atoms with E-state index in [1.807, 2.05) is 11.4 Å². The van der Waals surface area contributed by atoms with E-state index in [1.165, 1.54) is 10.9 Å². The molecule has 0 spiro atoms. The zero-order chi connectivity index (χ0) is 20.4. The van der Waals surface area contributed by atoms with Crippen LogP contribution in [0.5, 0.6) is 0 Å². The number of carbonyl (C=O) groups is 2. The van der Waals surface area contributed by atoms with Crippen molar-refractivity contribution in [1.29, 1.82) is 0 Å². The predicted octanol–water partition coefficient (Wildman–Crippen LogP) is 1.30. The van der Waals surface area contributed by atoms with Crippen molar-refractivity contribution in [3.63, 3.8) is 0 Å². The van der Waals surface area contributed by atoms with E-state index in [0.717, 1.165) is 12.0 Å². The van der Waals surface area contributed by atoms with Crippen molar-refractivity contribution in [2.45, 2.75) is 24.3 Å². The fourth-order valence-corrected chi connectivity index (χ4v) is 5.42. The van der Waals surface area contributed by atoms with Crippen LogP contribution >= 0.6 is 11.3 Å². The number of amides is 1. The van der Waals surface area contributed by atoms with Crippen molar-refractivity contribution < 1.29 is 22.7 Å². The molecule has 1 aromatic heterocycles. The number of hydrogen-bond donors (Lipinski definition) is 1. The number of thiophene rings is 1. The highest BCUT2D eigenvalue weighted by Gasteiger charge is 2.30. The minimum Gasteiger partial charge on any atom is -0.456 e. The quantitative estimate of drug-likeness (QED) is 0.716. The molecule has 29 heavy (non-hydrogen) atoms. The van der Waals surface area contributed by atoms with Gasteiger partial charge in [-0.15, -0.1) is 11.3 Å². The van der Waals surface area contributed by atoms with Crippen LogP contribution in [0, 0.1) is 0 Å². The summed E-state index contributed by atoms with van der Waals surface area (Å²) >= 11 is 1.69. The predicted molar refractivity (Wildman–Crippen MR) is 107 cm³/mol. The molecule has 0 bridgehead atoms. The number of esters is 1. The first-order chi connectivity index (χ1) is 13.9. The van der Waals surface area contributed by atoms with E-state index >= 15 is 0 Å². The molecule has 0 aliphatic carbocycles. The number of fused-ring (bicyclic) bond motifs is 2. The number of hydrogen-bond acceptors (Lipinski definition) is 7. The number of aliphatic imine (C=N–C) groups is 1. The zero-order valence-corrected chi connectivity index (χ0v) is 17.1.